The fourth-order valence-corrected chi connectivity index (χ4v) is 2.49. The van der Waals surface area contributed by atoms with Crippen LogP contribution in [-0.4, -0.2) is 78.6 Å². The van der Waals surface area contributed by atoms with Crippen LogP contribution < -0.4 is 0 Å². The predicted octanol–water partition coefficient (Wildman–Crippen LogP) is 1.64. The van der Waals surface area contributed by atoms with Crippen LogP contribution in [0.25, 0.3) is 0 Å². The van der Waals surface area contributed by atoms with Gasteiger partial charge >= 0.3 is 0 Å². The molecule has 1 aliphatic carbocycles. The molecule has 0 radical (unpaired) electrons. The minimum absolute atomic E-state index is 0.101. The molecule has 8 nitrogen and oxygen atoms in total. The van der Waals surface area contributed by atoms with E-state index >= 15 is 0 Å². The average molecular weight is 394 g/mol. The Morgan fingerprint density at radius 2 is 1.00 bits per heavy atom. The van der Waals surface area contributed by atoms with E-state index in [9.17, 15) is 9.59 Å². The monoisotopic (exact) mass is 394 g/mol. The summed E-state index contributed by atoms with van der Waals surface area (Å²) in [5.74, 6) is -0.975. The highest BCUT2D eigenvalue weighted by Gasteiger charge is 2.35. The van der Waals surface area contributed by atoms with Gasteiger partial charge in [-0.25, -0.2) is 0 Å². The molecular formula is C20H26O8. The zero-order valence-corrected chi connectivity index (χ0v) is 16.2. The van der Waals surface area contributed by atoms with Crippen LogP contribution in [0.1, 0.15) is 20.7 Å². The number of benzene rings is 1. The molecule has 0 aliphatic heterocycles. The third kappa shape index (κ3) is 6.13. The molecule has 0 fully saturated rings. The molecule has 2 rings (SSSR count). The van der Waals surface area contributed by atoms with Crippen LogP contribution in [0.2, 0.25) is 0 Å². The number of hydrogen-bond donors (Lipinski definition) is 0. The van der Waals surface area contributed by atoms with E-state index in [2.05, 4.69) is 0 Å². The molecule has 0 amide bonds. The van der Waals surface area contributed by atoms with Crippen LogP contribution in [0.5, 0.6) is 0 Å². The van der Waals surface area contributed by atoms with Crippen LogP contribution in [0.3, 0.4) is 0 Å². The third-order valence-electron chi connectivity index (χ3n) is 3.85. The second-order valence-corrected chi connectivity index (χ2v) is 5.77. The smallest absolute Gasteiger partial charge is 0.232 e. The summed E-state index contributed by atoms with van der Waals surface area (Å²) in [5, 5.41) is 0. The van der Waals surface area contributed by atoms with Gasteiger partial charge in [-0.05, 0) is 0 Å². The summed E-state index contributed by atoms with van der Waals surface area (Å²) >= 11 is 0. The number of allylic oxidation sites excluding steroid dienone is 2. The molecule has 8 heteroatoms. The van der Waals surface area contributed by atoms with Crippen molar-refractivity contribution in [2.75, 3.05) is 67.1 Å². The van der Waals surface area contributed by atoms with Crippen LogP contribution >= 0.6 is 0 Å². The first-order chi connectivity index (χ1) is 13.7. The van der Waals surface area contributed by atoms with Crippen molar-refractivity contribution in [1.82, 2.24) is 0 Å². The topological polar surface area (TPSA) is 89.5 Å². The van der Waals surface area contributed by atoms with E-state index in [0.717, 1.165) is 0 Å². The van der Waals surface area contributed by atoms with E-state index in [1.165, 1.54) is 0 Å². The fraction of sp³-hybridized carbons (Fsp3) is 0.500. The van der Waals surface area contributed by atoms with Crippen molar-refractivity contribution in [1.29, 1.82) is 0 Å². The minimum Gasteiger partial charge on any atom is -0.484 e. The van der Waals surface area contributed by atoms with Crippen LogP contribution in [-0.2, 0) is 28.4 Å². The lowest BCUT2D eigenvalue weighted by molar-refractivity contribution is 0.0265. The fourth-order valence-electron chi connectivity index (χ4n) is 2.49. The van der Waals surface area contributed by atoms with Crippen molar-refractivity contribution < 1.29 is 38.0 Å². The molecule has 0 unspecified atom stereocenters. The summed E-state index contributed by atoms with van der Waals surface area (Å²) < 4.78 is 31.6. The van der Waals surface area contributed by atoms with Crippen LogP contribution in [0.15, 0.2) is 35.8 Å². The molecule has 28 heavy (non-hydrogen) atoms. The van der Waals surface area contributed by atoms with Gasteiger partial charge in [-0.15, -0.1) is 0 Å². The van der Waals surface area contributed by atoms with Gasteiger partial charge in [0.05, 0.1) is 39.6 Å². The summed E-state index contributed by atoms with van der Waals surface area (Å²) in [6, 6.07) is 6.59. The van der Waals surface area contributed by atoms with Crippen molar-refractivity contribution in [3.8, 4) is 0 Å². The van der Waals surface area contributed by atoms with Gasteiger partial charge in [0.25, 0.3) is 0 Å². The predicted molar refractivity (Wildman–Crippen MR) is 99.4 cm³/mol. The number of ether oxygens (including phenoxy) is 6. The van der Waals surface area contributed by atoms with Crippen molar-refractivity contribution in [2.45, 2.75) is 0 Å². The van der Waals surface area contributed by atoms with E-state index in [0.29, 0.717) is 37.6 Å². The Kier molecular flexibility index (Phi) is 9.64. The number of methoxy groups -OCH3 is 2. The zero-order chi connectivity index (χ0) is 20.2. The van der Waals surface area contributed by atoms with E-state index in [1.54, 1.807) is 38.5 Å². The van der Waals surface area contributed by atoms with E-state index in [-0.39, 0.29) is 49.5 Å². The summed E-state index contributed by atoms with van der Waals surface area (Å²) in [4.78, 5) is 25.6. The van der Waals surface area contributed by atoms with Gasteiger partial charge in [0, 0.05) is 25.3 Å². The molecule has 0 saturated heterocycles. The van der Waals surface area contributed by atoms with Gasteiger partial charge in [0.1, 0.15) is 13.2 Å². The Morgan fingerprint density at radius 1 is 0.607 bits per heavy atom. The Labute approximate surface area is 164 Å². The first kappa shape index (κ1) is 22.0. The molecule has 1 aromatic rings. The van der Waals surface area contributed by atoms with Crippen LogP contribution in [0, 0.1) is 0 Å². The molecule has 0 spiro atoms. The molecule has 0 bridgehead atoms. The number of fused-ring (bicyclic) bond motifs is 1. The highest BCUT2D eigenvalue weighted by molar-refractivity contribution is 6.25. The summed E-state index contributed by atoms with van der Waals surface area (Å²) in [7, 11) is 3.16. The highest BCUT2D eigenvalue weighted by atomic mass is 16.6. The summed E-state index contributed by atoms with van der Waals surface area (Å²) in [5.41, 5.74) is 0.595. The first-order valence-electron chi connectivity index (χ1n) is 9.02. The summed E-state index contributed by atoms with van der Waals surface area (Å²) in [6.45, 7) is 2.48. The number of Topliss-reactive ketones (excluding diaryl/α,β-unsaturated/α-hetero) is 2. The third-order valence-corrected chi connectivity index (χ3v) is 3.85. The van der Waals surface area contributed by atoms with Crippen molar-refractivity contribution in [2.24, 2.45) is 0 Å². The Morgan fingerprint density at radius 3 is 1.39 bits per heavy atom. The lowest BCUT2D eigenvalue weighted by Crippen LogP contribution is -2.26. The maximum absolute atomic E-state index is 12.8. The van der Waals surface area contributed by atoms with Gasteiger partial charge in [-0.2, -0.15) is 0 Å². The molecular weight excluding hydrogens is 368 g/mol. The molecule has 0 aromatic heterocycles. The normalized spacial score (nSPS) is 13.6. The molecule has 1 aromatic carbocycles. The maximum atomic E-state index is 12.8. The van der Waals surface area contributed by atoms with E-state index in [4.69, 9.17) is 28.4 Å². The van der Waals surface area contributed by atoms with Crippen molar-refractivity contribution in [3.05, 3.63) is 46.9 Å². The maximum Gasteiger partial charge on any atom is 0.232 e. The molecule has 0 atom stereocenters. The molecule has 0 N–H and O–H groups in total. The number of ketones is 2. The average Bonchev–Trinajstić information content (AvgIpc) is 2.72. The minimum atomic E-state index is -0.387. The van der Waals surface area contributed by atoms with Crippen LogP contribution in [0.4, 0.5) is 0 Å². The Balaban J connectivity index is 2.03. The second-order valence-electron chi connectivity index (χ2n) is 5.77. The number of hydrogen-bond acceptors (Lipinski definition) is 8. The largest absolute Gasteiger partial charge is 0.484 e. The second kappa shape index (κ2) is 12.2. The number of carbonyl (C=O) groups excluding carboxylic acids is 2. The van der Waals surface area contributed by atoms with Gasteiger partial charge in [-0.1, -0.05) is 24.3 Å². The van der Waals surface area contributed by atoms with Gasteiger partial charge in [0.2, 0.25) is 23.1 Å². The van der Waals surface area contributed by atoms with Gasteiger partial charge in [-0.3, -0.25) is 9.59 Å². The lowest BCUT2D eigenvalue weighted by Gasteiger charge is -2.21. The standard InChI is InChI=1S/C20H26O8/c1-23-7-9-25-11-13-27-19-17(21)15-5-3-4-6-16(15)18(22)20(19)28-14-12-26-10-8-24-2/h3-6H,7-14H2,1-2H3. The van der Waals surface area contributed by atoms with E-state index < -0.39 is 0 Å². The van der Waals surface area contributed by atoms with Crippen molar-refractivity contribution >= 4 is 11.6 Å². The van der Waals surface area contributed by atoms with Gasteiger partial charge < -0.3 is 28.4 Å². The Hall–Kier alpha value is -2.26. The first-order valence-corrected chi connectivity index (χ1v) is 9.02. The molecule has 1 aliphatic rings. The summed E-state index contributed by atoms with van der Waals surface area (Å²) in [6.07, 6.45) is 0. The van der Waals surface area contributed by atoms with Gasteiger partial charge in [0.15, 0.2) is 0 Å². The molecule has 0 heterocycles. The molecule has 154 valence electrons. The number of rotatable bonds is 14. The molecule has 0 saturated carbocycles. The SMILES string of the molecule is COCCOCCOC1=C(OCCOCCOC)C(=O)c2ccccc2C1=O. The highest BCUT2D eigenvalue weighted by Crippen LogP contribution is 2.27. The van der Waals surface area contributed by atoms with E-state index in [1.807, 2.05) is 0 Å². The zero-order valence-electron chi connectivity index (χ0n) is 16.2. The van der Waals surface area contributed by atoms with Crippen molar-refractivity contribution in [3.63, 3.8) is 0 Å². The Bertz CT molecular complexity index is 626. The lowest BCUT2D eigenvalue weighted by atomic mass is 9.92. The number of carbonyl (C=O) groups is 2. The quantitative estimate of drug-likeness (QED) is 0.440.